The van der Waals surface area contributed by atoms with Crippen LogP contribution in [-0.4, -0.2) is 60.1 Å². The Bertz CT molecular complexity index is 2950. The molecule has 6 aliphatic rings. The van der Waals surface area contributed by atoms with E-state index in [-0.39, 0.29) is 48.4 Å². The van der Waals surface area contributed by atoms with Crippen molar-refractivity contribution in [3.05, 3.63) is 123 Å². The van der Waals surface area contributed by atoms with Gasteiger partial charge in [0.25, 0.3) is 0 Å². The van der Waals surface area contributed by atoms with E-state index in [0.29, 0.717) is 42.1 Å². The van der Waals surface area contributed by atoms with Crippen molar-refractivity contribution in [2.24, 2.45) is 5.92 Å². The standard InChI is InChI=1S/C59H64N4O7/c1-4-61-48-15-9-8-11-35(48)17-19-42-37-25-26-59(30-37)31-38-27-41(65)29-51(67-3)53(38)45-22-21-44-47(33-68-34(2)64)57(70-58(44)55(45)59)54-36(12-10-16-49-43(42)23-24-52(60)63-49)28-50(66)56-46(54)20-18-40(32-69-56)62-39-13-6-5-7-14-39/h8-9,11,15,18,20-24,27-29,37,39-40,42,47,57,61-62,65-66H,4-7,12-14,17,19,25-26,30-33H2,1-3H3,(H2,60,63). The van der Waals surface area contributed by atoms with Crippen LogP contribution in [-0.2, 0) is 34.2 Å². The lowest BCUT2D eigenvalue weighted by molar-refractivity contribution is -0.141. The number of nitrogens with one attached hydrogen (secondary N) is 2. The van der Waals surface area contributed by atoms with Crippen LogP contribution in [0.5, 0.6) is 28.7 Å². The van der Waals surface area contributed by atoms with E-state index in [1.165, 1.54) is 31.7 Å². The minimum atomic E-state index is -0.642. The number of hydrogen-bond donors (Lipinski definition) is 5. The summed E-state index contributed by atoms with van der Waals surface area (Å²) in [6, 6.07) is 22.7. The lowest BCUT2D eigenvalue weighted by Crippen LogP contribution is -2.41. The van der Waals surface area contributed by atoms with Gasteiger partial charge in [-0.15, -0.1) is 0 Å². The first-order chi connectivity index (χ1) is 34.1. The van der Waals surface area contributed by atoms with Crippen molar-refractivity contribution in [2.45, 2.75) is 126 Å². The van der Waals surface area contributed by atoms with Crippen LogP contribution in [0.15, 0.2) is 72.8 Å². The zero-order chi connectivity index (χ0) is 48.1. The zero-order valence-corrected chi connectivity index (χ0v) is 40.5. The summed E-state index contributed by atoms with van der Waals surface area (Å²) in [4.78, 5) is 17.8. The number of nitrogens with zero attached hydrogens (tertiary/aromatic N) is 1. The summed E-state index contributed by atoms with van der Waals surface area (Å²) in [5.41, 5.74) is 17.8. The number of aromatic nitrogens is 1. The molecular weight excluding hydrogens is 877 g/mol. The largest absolute Gasteiger partial charge is 0.508 e. The summed E-state index contributed by atoms with van der Waals surface area (Å²) >= 11 is 0. The van der Waals surface area contributed by atoms with Crippen LogP contribution in [0.2, 0.25) is 0 Å². The predicted molar refractivity (Wildman–Crippen MR) is 273 cm³/mol. The molecule has 6 atom stereocenters. The molecule has 4 heterocycles. The number of nitrogens with two attached hydrogens (primary N) is 1. The first-order valence-electron chi connectivity index (χ1n) is 25.5. The summed E-state index contributed by atoms with van der Waals surface area (Å²) < 4.78 is 26.3. The van der Waals surface area contributed by atoms with Gasteiger partial charge in [-0.3, -0.25) is 4.79 Å². The van der Waals surface area contributed by atoms with Crippen molar-refractivity contribution in [3.8, 4) is 51.7 Å². The highest BCUT2D eigenvalue weighted by atomic mass is 16.5. The monoisotopic (exact) mass is 940 g/mol. The van der Waals surface area contributed by atoms with E-state index in [1.54, 1.807) is 19.2 Å². The van der Waals surface area contributed by atoms with Crippen LogP contribution >= 0.6 is 0 Å². The quantitative estimate of drug-likeness (QED) is 0.0671. The number of hydrogen-bond acceptors (Lipinski definition) is 11. The fraction of sp³-hybridized carbons (Fsp3) is 0.424. The van der Waals surface area contributed by atoms with E-state index in [4.69, 9.17) is 29.7 Å². The average molecular weight is 941 g/mol. The summed E-state index contributed by atoms with van der Waals surface area (Å²) in [7, 11) is 1.66. The van der Waals surface area contributed by atoms with Crippen molar-refractivity contribution in [2.75, 3.05) is 37.9 Å². The Kier molecular flexibility index (Phi) is 12.4. The lowest BCUT2D eigenvalue weighted by Gasteiger charge is -2.39. The Morgan fingerprint density at radius 1 is 0.986 bits per heavy atom. The molecule has 0 amide bonds. The van der Waals surface area contributed by atoms with Gasteiger partial charge >= 0.3 is 5.97 Å². The molecular formula is C59H64N4O7. The summed E-state index contributed by atoms with van der Waals surface area (Å²) in [5.74, 6) is 8.98. The molecule has 3 aliphatic heterocycles. The van der Waals surface area contributed by atoms with E-state index in [1.807, 2.05) is 12.1 Å². The van der Waals surface area contributed by atoms with Gasteiger partial charge in [0.05, 0.1) is 19.1 Å². The van der Waals surface area contributed by atoms with Gasteiger partial charge in [0.15, 0.2) is 11.5 Å². The molecule has 2 fully saturated rings. The zero-order valence-electron chi connectivity index (χ0n) is 40.5. The Morgan fingerprint density at radius 3 is 2.66 bits per heavy atom. The van der Waals surface area contributed by atoms with Gasteiger partial charge in [-0.05, 0) is 128 Å². The highest BCUT2D eigenvalue weighted by Gasteiger charge is 2.52. The predicted octanol–water partition coefficient (Wildman–Crippen LogP) is 10.6. The molecule has 4 bridgehead atoms. The van der Waals surface area contributed by atoms with Gasteiger partial charge in [-0.1, -0.05) is 73.7 Å². The molecule has 4 aromatic carbocycles. The number of nitrogen functional groups attached to an aromatic ring is 1. The fourth-order valence-electron chi connectivity index (χ4n) is 13.2. The van der Waals surface area contributed by atoms with Crippen molar-refractivity contribution < 1.29 is 34.0 Å². The fourth-order valence-corrected chi connectivity index (χ4v) is 13.2. The maximum Gasteiger partial charge on any atom is 0.302 e. The van der Waals surface area contributed by atoms with Crippen LogP contribution in [0.25, 0.3) is 17.2 Å². The molecule has 2 saturated carbocycles. The first kappa shape index (κ1) is 45.8. The van der Waals surface area contributed by atoms with E-state index in [9.17, 15) is 15.0 Å². The highest BCUT2D eigenvalue weighted by Crippen LogP contribution is 2.64. The van der Waals surface area contributed by atoms with Crippen LogP contribution in [0.4, 0.5) is 11.5 Å². The number of carbonyl (C=O) groups is 1. The number of pyridine rings is 1. The van der Waals surface area contributed by atoms with Gasteiger partial charge in [-0.2, -0.15) is 0 Å². The normalized spacial score (nSPS) is 23.8. The van der Waals surface area contributed by atoms with E-state index >= 15 is 0 Å². The van der Waals surface area contributed by atoms with Crippen LogP contribution in [0, 0.1) is 17.8 Å². The summed E-state index contributed by atoms with van der Waals surface area (Å²) in [6.07, 6.45) is 14.8. The summed E-state index contributed by atoms with van der Waals surface area (Å²) in [5, 5.41) is 30.6. The van der Waals surface area contributed by atoms with Gasteiger partial charge in [0.1, 0.15) is 48.1 Å². The third-order valence-electron chi connectivity index (χ3n) is 16.2. The molecule has 6 N–H and O–H groups in total. The van der Waals surface area contributed by atoms with Crippen LogP contribution in [0.3, 0.4) is 0 Å². The molecule has 11 nitrogen and oxygen atoms in total. The van der Waals surface area contributed by atoms with E-state index in [0.717, 1.165) is 113 Å². The molecule has 1 aromatic heterocycles. The number of aryl methyl sites for hydroxylation is 1. The second-order valence-electron chi connectivity index (χ2n) is 20.5. The number of ether oxygens (including phenoxy) is 4. The molecule has 11 rings (SSSR count). The van der Waals surface area contributed by atoms with E-state index < -0.39 is 17.4 Å². The Balaban J connectivity index is 1.13. The van der Waals surface area contributed by atoms with Gasteiger partial charge in [0, 0.05) is 70.9 Å². The number of phenolic OH excluding ortho intramolecular Hbond substituents is 2. The number of carbonyl (C=O) groups excluding carboxylic acids is 1. The number of methoxy groups -OCH3 is 1. The number of fused-ring (bicyclic) bond motifs is 9. The number of aromatic hydroxyl groups is 2. The minimum Gasteiger partial charge on any atom is -0.508 e. The molecule has 5 aromatic rings. The number of rotatable bonds is 10. The Morgan fingerprint density at radius 2 is 1.83 bits per heavy atom. The molecule has 0 saturated heterocycles. The number of para-hydroxylation sites is 1. The number of esters is 1. The third kappa shape index (κ3) is 8.38. The first-order valence-corrected chi connectivity index (χ1v) is 25.5. The van der Waals surface area contributed by atoms with Gasteiger partial charge < -0.3 is 45.5 Å². The number of benzene rings is 4. The minimum absolute atomic E-state index is 0.0322. The molecule has 362 valence electrons. The molecule has 0 radical (unpaired) electrons. The van der Waals surface area contributed by atoms with Crippen molar-refractivity contribution in [1.29, 1.82) is 0 Å². The van der Waals surface area contributed by atoms with Crippen molar-refractivity contribution >= 4 is 23.6 Å². The average Bonchev–Trinajstić information content (AvgIpc) is 3.86. The smallest absolute Gasteiger partial charge is 0.302 e. The van der Waals surface area contributed by atoms with Crippen molar-refractivity contribution in [3.63, 3.8) is 0 Å². The van der Waals surface area contributed by atoms with Crippen molar-refractivity contribution in [1.82, 2.24) is 10.3 Å². The second kappa shape index (κ2) is 18.9. The molecule has 70 heavy (non-hydrogen) atoms. The van der Waals surface area contributed by atoms with E-state index in [2.05, 4.69) is 84.0 Å². The molecule has 3 aliphatic carbocycles. The summed E-state index contributed by atoms with van der Waals surface area (Å²) in [6.45, 7) is 4.84. The van der Waals surface area contributed by atoms with Crippen LogP contribution < -0.4 is 30.6 Å². The molecule has 11 heteroatoms. The maximum absolute atomic E-state index is 12.8. The van der Waals surface area contributed by atoms with Gasteiger partial charge in [0.2, 0.25) is 0 Å². The van der Waals surface area contributed by atoms with Gasteiger partial charge in [-0.25, -0.2) is 4.98 Å². The molecule has 1 spiro atoms. The Labute approximate surface area is 411 Å². The Hall–Kier alpha value is -6.64. The lowest BCUT2D eigenvalue weighted by atomic mass is 9.64. The maximum atomic E-state index is 12.8. The second-order valence-corrected chi connectivity index (χ2v) is 20.5. The molecule has 6 unspecified atom stereocenters. The topological polar surface area (TPSA) is 157 Å². The number of anilines is 2. The third-order valence-corrected chi connectivity index (χ3v) is 16.2. The van der Waals surface area contributed by atoms with Crippen LogP contribution in [0.1, 0.15) is 140 Å². The number of phenols is 2. The highest BCUT2D eigenvalue weighted by molar-refractivity contribution is 5.84. The SMILES string of the molecule is CCNc1ccccc1CCC1c2ccc(N)nc2C#CCc2cc(O)c3c(c2C2Oc4c(ccc5c4C4(CCC1C4)Cc1cc(O)cc(OC)c1-5)C2COC(C)=O)C=CC(NC1CCCCC1)CO3.